The largest absolute Gasteiger partial charge is 0.489 e. The van der Waals surface area contributed by atoms with Gasteiger partial charge >= 0.3 is 0 Å². The topological polar surface area (TPSA) is 21.3 Å². The molecule has 2 rings (SSSR count). The quantitative estimate of drug-likeness (QED) is 0.882. The molecule has 0 aliphatic carbocycles. The summed E-state index contributed by atoms with van der Waals surface area (Å²) in [7, 11) is 1.91. The number of halogens is 2. The van der Waals surface area contributed by atoms with Crippen molar-refractivity contribution in [3.05, 3.63) is 63.4 Å². The van der Waals surface area contributed by atoms with E-state index in [2.05, 4.69) is 33.4 Å². The number of benzene rings is 2. The van der Waals surface area contributed by atoms with E-state index in [0.29, 0.717) is 17.9 Å². The van der Waals surface area contributed by atoms with Gasteiger partial charge < -0.3 is 10.1 Å². The van der Waals surface area contributed by atoms with E-state index in [1.165, 1.54) is 11.6 Å². The zero-order chi connectivity index (χ0) is 14.5. The van der Waals surface area contributed by atoms with E-state index < -0.39 is 0 Å². The minimum atomic E-state index is -0.245. The fourth-order valence-electron chi connectivity index (χ4n) is 1.85. The lowest BCUT2D eigenvalue weighted by Gasteiger charge is -2.10. The van der Waals surface area contributed by atoms with Gasteiger partial charge in [-0.15, -0.1) is 0 Å². The molecule has 0 aromatic heterocycles. The maximum Gasteiger partial charge on any atom is 0.129 e. The van der Waals surface area contributed by atoms with Gasteiger partial charge in [-0.2, -0.15) is 0 Å². The lowest BCUT2D eigenvalue weighted by molar-refractivity contribution is 0.303. The Hall–Kier alpha value is -1.39. The maximum atomic E-state index is 13.4. The van der Waals surface area contributed by atoms with Gasteiger partial charge in [-0.3, -0.25) is 0 Å². The van der Waals surface area contributed by atoms with Crippen molar-refractivity contribution in [2.75, 3.05) is 7.05 Å². The number of ether oxygens (including phenoxy) is 1. The van der Waals surface area contributed by atoms with Crippen LogP contribution in [-0.2, 0) is 13.2 Å². The first kappa shape index (κ1) is 15.0. The highest BCUT2D eigenvalue weighted by molar-refractivity contribution is 9.10. The normalized spacial score (nSPS) is 10.6. The van der Waals surface area contributed by atoms with E-state index in [-0.39, 0.29) is 5.82 Å². The zero-order valence-corrected chi connectivity index (χ0v) is 13.1. The van der Waals surface area contributed by atoms with Crippen molar-refractivity contribution in [2.45, 2.75) is 20.1 Å². The third-order valence-corrected chi connectivity index (χ3v) is 3.77. The van der Waals surface area contributed by atoms with Crippen LogP contribution in [0, 0.1) is 12.7 Å². The Morgan fingerprint density at radius 3 is 2.65 bits per heavy atom. The molecule has 0 radical (unpaired) electrons. The fraction of sp³-hybridized carbons (Fsp3) is 0.250. The molecule has 2 nitrogen and oxygen atoms in total. The van der Waals surface area contributed by atoms with Crippen molar-refractivity contribution in [3.63, 3.8) is 0 Å². The Balaban J connectivity index is 2.05. The Labute approximate surface area is 127 Å². The lowest BCUT2D eigenvalue weighted by Crippen LogP contribution is -2.05. The van der Waals surface area contributed by atoms with Gasteiger partial charge in [0.1, 0.15) is 18.2 Å². The Kier molecular flexibility index (Phi) is 5.15. The van der Waals surface area contributed by atoms with Gasteiger partial charge in [0.25, 0.3) is 0 Å². The second-order valence-electron chi connectivity index (χ2n) is 4.66. The number of aryl methyl sites for hydroxylation is 1. The molecule has 0 atom stereocenters. The molecule has 0 aliphatic heterocycles. The first-order valence-corrected chi connectivity index (χ1v) is 7.20. The summed E-state index contributed by atoms with van der Waals surface area (Å²) in [6.07, 6.45) is 0. The van der Waals surface area contributed by atoms with Crippen molar-refractivity contribution in [3.8, 4) is 5.75 Å². The molecule has 106 valence electrons. The van der Waals surface area contributed by atoms with Gasteiger partial charge in [0.2, 0.25) is 0 Å². The Morgan fingerprint density at radius 1 is 1.20 bits per heavy atom. The van der Waals surface area contributed by atoms with Gasteiger partial charge in [0.15, 0.2) is 0 Å². The predicted octanol–water partition coefficient (Wildman–Crippen LogP) is 4.20. The molecule has 0 unspecified atom stereocenters. The third-order valence-electron chi connectivity index (χ3n) is 3.04. The number of hydrogen-bond acceptors (Lipinski definition) is 2. The van der Waals surface area contributed by atoms with Crippen LogP contribution in [0.15, 0.2) is 40.9 Å². The second-order valence-corrected chi connectivity index (χ2v) is 5.51. The fourth-order valence-corrected chi connectivity index (χ4v) is 2.39. The summed E-state index contributed by atoms with van der Waals surface area (Å²) in [6.45, 7) is 2.96. The van der Waals surface area contributed by atoms with Crippen LogP contribution in [0.2, 0.25) is 0 Å². The average molecular weight is 338 g/mol. The number of hydrogen-bond donors (Lipinski definition) is 1. The van der Waals surface area contributed by atoms with Crippen LogP contribution in [0.25, 0.3) is 0 Å². The van der Waals surface area contributed by atoms with Crippen molar-refractivity contribution in [1.29, 1.82) is 0 Å². The molecule has 20 heavy (non-hydrogen) atoms. The van der Waals surface area contributed by atoms with Gasteiger partial charge in [-0.1, -0.05) is 34.1 Å². The molecule has 0 bridgehead atoms. The number of rotatable bonds is 5. The molecule has 1 N–H and O–H groups in total. The summed E-state index contributed by atoms with van der Waals surface area (Å²) in [5, 5.41) is 3.11. The molecule has 0 spiro atoms. The highest BCUT2D eigenvalue weighted by Gasteiger charge is 2.04. The van der Waals surface area contributed by atoms with Crippen LogP contribution in [0.5, 0.6) is 5.75 Å². The van der Waals surface area contributed by atoms with E-state index in [1.54, 1.807) is 19.1 Å². The van der Waals surface area contributed by atoms with Gasteiger partial charge in [0, 0.05) is 22.6 Å². The highest BCUT2D eigenvalue weighted by Crippen LogP contribution is 2.22. The first-order valence-electron chi connectivity index (χ1n) is 6.41. The van der Waals surface area contributed by atoms with Crippen LogP contribution >= 0.6 is 15.9 Å². The van der Waals surface area contributed by atoms with E-state index >= 15 is 0 Å². The van der Waals surface area contributed by atoms with Crippen molar-refractivity contribution in [1.82, 2.24) is 5.32 Å². The van der Waals surface area contributed by atoms with Crippen LogP contribution in [0.1, 0.15) is 16.7 Å². The summed E-state index contributed by atoms with van der Waals surface area (Å²) in [6, 6.07) is 11.0. The van der Waals surface area contributed by atoms with E-state index in [0.717, 1.165) is 16.6 Å². The summed E-state index contributed by atoms with van der Waals surface area (Å²) in [4.78, 5) is 0. The standard InChI is InChI=1S/C16H17BrFNO/c1-11-3-6-14(8-16(11)18)20-10-13-5-4-12(9-19-2)7-15(13)17/h3-8,19H,9-10H2,1-2H3. The summed E-state index contributed by atoms with van der Waals surface area (Å²) in [5.74, 6) is 0.297. The SMILES string of the molecule is CNCc1ccc(COc2ccc(C)c(F)c2)c(Br)c1. The summed E-state index contributed by atoms with van der Waals surface area (Å²) < 4.78 is 20.0. The second kappa shape index (κ2) is 6.86. The molecular formula is C16H17BrFNO. The van der Waals surface area contributed by atoms with Gasteiger partial charge in [-0.05, 0) is 37.2 Å². The van der Waals surface area contributed by atoms with E-state index in [4.69, 9.17) is 4.74 Å². The number of nitrogens with one attached hydrogen (secondary N) is 1. The molecule has 0 amide bonds. The monoisotopic (exact) mass is 337 g/mol. The minimum Gasteiger partial charge on any atom is -0.489 e. The molecular weight excluding hydrogens is 321 g/mol. The van der Waals surface area contributed by atoms with Crippen LogP contribution in [-0.4, -0.2) is 7.05 Å². The Morgan fingerprint density at radius 2 is 2.00 bits per heavy atom. The lowest BCUT2D eigenvalue weighted by atomic mass is 10.1. The van der Waals surface area contributed by atoms with Crippen molar-refractivity contribution < 1.29 is 9.13 Å². The molecule has 0 saturated heterocycles. The van der Waals surface area contributed by atoms with Crippen LogP contribution < -0.4 is 10.1 Å². The molecule has 2 aromatic carbocycles. The first-order chi connectivity index (χ1) is 9.60. The van der Waals surface area contributed by atoms with E-state index in [1.807, 2.05) is 13.1 Å². The molecule has 4 heteroatoms. The average Bonchev–Trinajstić information content (AvgIpc) is 2.42. The maximum absolute atomic E-state index is 13.4. The predicted molar refractivity (Wildman–Crippen MR) is 82.4 cm³/mol. The molecule has 0 heterocycles. The smallest absolute Gasteiger partial charge is 0.129 e. The molecule has 0 saturated carbocycles. The van der Waals surface area contributed by atoms with E-state index in [9.17, 15) is 4.39 Å². The molecule has 2 aromatic rings. The minimum absolute atomic E-state index is 0.245. The van der Waals surface area contributed by atoms with Crippen molar-refractivity contribution >= 4 is 15.9 Å². The van der Waals surface area contributed by atoms with Gasteiger partial charge in [0.05, 0.1) is 0 Å². The third kappa shape index (κ3) is 3.81. The van der Waals surface area contributed by atoms with Crippen molar-refractivity contribution in [2.24, 2.45) is 0 Å². The summed E-state index contributed by atoms with van der Waals surface area (Å²) in [5.41, 5.74) is 2.85. The molecule has 0 fully saturated rings. The van der Waals surface area contributed by atoms with Crippen LogP contribution in [0.3, 0.4) is 0 Å². The summed E-state index contributed by atoms with van der Waals surface area (Å²) >= 11 is 3.53. The highest BCUT2D eigenvalue weighted by atomic mass is 79.9. The Bertz CT molecular complexity index is 601. The zero-order valence-electron chi connectivity index (χ0n) is 11.5. The van der Waals surface area contributed by atoms with Gasteiger partial charge in [-0.25, -0.2) is 4.39 Å². The van der Waals surface area contributed by atoms with Crippen LogP contribution in [0.4, 0.5) is 4.39 Å². The molecule has 0 aliphatic rings.